The van der Waals surface area contributed by atoms with Gasteiger partial charge in [0.05, 0.1) is 13.2 Å². The molecule has 0 saturated heterocycles. The molecule has 0 bridgehead atoms. The largest absolute Gasteiger partial charge is 0.490 e. The van der Waals surface area contributed by atoms with Gasteiger partial charge in [-0.15, -0.1) is 0 Å². The Kier molecular flexibility index (Phi) is 3.83. The van der Waals surface area contributed by atoms with E-state index in [2.05, 4.69) is 17.5 Å². The van der Waals surface area contributed by atoms with Crippen LogP contribution in [0.15, 0.2) is 24.3 Å². The van der Waals surface area contributed by atoms with Crippen LogP contribution in [0.4, 0.5) is 0 Å². The summed E-state index contributed by atoms with van der Waals surface area (Å²) in [7, 11) is 1.93. The number of ether oxygens (including phenoxy) is 2. The molecular weight excluding hydrogens is 202 g/mol. The molecule has 1 aromatic carbocycles. The minimum Gasteiger partial charge on any atom is -0.490 e. The van der Waals surface area contributed by atoms with Crippen molar-refractivity contribution >= 4 is 6.08 Å². The van der Waals surface area contributed by atoms with Crippen molar-refractivity contribution in [1.82, 2.24) is 5.32 Å². The Morgan fingerprint density at radius 1 is 1.25 bits per heavy atom. The summed E-state index contributed by atoms with van der Waals surface area (Å²) in [6.07, 6.45) is 5.10. The van der Waals surface area contributed by atoms with Gasteiger partial charge in [-0.1, -0.05) is 18.2 Å². The predicted molar refractivity (Wildman–Crippen MR) is 65.0 cm³/mol. The molecule has 1 aliphatic rings. The maximum Gasteiger partial charge on any atom is 0.161 e. The molecule has 0 fully saturated rings. The Morgan fingerprint density at radius 2 is 2.06 bits per heavy atom. The van der Waals surface area contributed by atoms with Crippen LogP contribution in [0.25, 0.3) is 6.08 Å². The minimum absolute atomic E-state index is 0.733. The van der Waals surface area contributed by atoms with Gasteiger partial charge < -0.3 is 14.8 Å². The van der Waals surface area contributed by atoms with E-state index in [1.165, 1.54) is 0 Å². The summed E-state index contributed by atoms with van der Waals surface area (Å²) in [5, 5.41) is 3.07. The van der Waals surface area contributed by atoms with Crippen molar-refractivity contribution in [1.29, 1.82) is 0 Å². The molecule has 1 N–H and O–H groups in total. The van der Waals surface area contributed by atoms with Crippen LogP contribution in [0.3, 0.4) is 0 Å². The fraction of sp³-hybridized carbons (Fsp3) is 0.385. The van der Waals surface area contributed by atoms with Crippen molar-refractivity contribution in [3.05, 3.63) is 29.8 Å². The van der Waals surface area contributed by atoms with Gasteiger partial charge in [-0.3, -0.25) is 0 Å². The lowest BCUT2D eigenvalue weighted by Gasteiger charge is -2.07. The Hall–Kier alpha value is -1.48. The van der Waals surface area contributed by atoms with Gasteiger partial charge in [-0.05, 0) is 24.7 Å². The van der Waals surface area contributed by atoms with Crippen molar-refractivity contribution in [2.24, 2.45) is 0 Å². The number of hydrogen-bond acceptors (Lipinski definition) is 3. The molecule has 3 nitrogen and oxygen atoms in total. The van der Waals surface area contributed by atoms with Crippen molar-refractivity contribution in [3.63, 3.8) is 0 Å². The predicted octanol–water partition coefficient (Wildman–Crippen LogP) is 2.08. The lowest BCUT2D eigenvalue weighted by atomic mass is 10.2. The van der Waals surface area contributed by atoms with Gasteiger partial charge >= 0.3 is 0 Å². The quantitative estimate of drug-likeness (QED) is 0.844. The second-order valence-electron chi connectivity index (χ2n) is 3.72. The van der Waals surface area contributed by atoms with Crippen molar-refractivity contribution in [3.8, 4) is 11.5 Å². The van der Waals surface area contributed by atoms with Crippen LogP contribution in [-0.4, -0.2) is 26.8 Å². The Morgan fingerprint density at radius 3 is 2.88 bits per heavy atom. The van der Waals surface area contributed by atoms with Gasteiger partial charge in [0.2, 0.25) is 0 Å². The van der Waals surface area contributed by atoms with E-state index in [9.17, 15) is 0 Å². The van der Waals surface area contributed by atoms with Crippen LogP contribution in [0.1, 0.15) is 12.0 Å². The SMILES string of the molecule is CNCC=Cc1ccc2c(c1)OCCCO2. The second-order valence-corrected chi connectivity index (χ2v) is 3.72. The topological polar surface area (TPSA) is 30.5 Å². The molecule has 3 heteroatoms. The minimum atomic E-state index is 0.733. The normalized spacial score (nSPS) is 15.1. The highest BCUT2D eigenvalue weighted by Crippen LogP contribution is 2.30. The monoisotopic (exact) mass is 219 g/mol. The molecule has 0 unspecified atom stereocenters. The van der Waals surface area contributed by atoms with E-state index in [0.29, 0.717) is 0 Å². The van der Waals surface area contributed by atoms with Crippen molar-refractivity contribution < 1.29 is 9.47 Å². The van der Waals surface area contributed by atoms with E-state index in [-0.39, 0.29) is 0 Å². The van der Waals surface area contributed by atoms with Crippen LogP contribution >= 0.6 is 0 Å². The Balaban J connectivity index is 2.14. The van der Waals surface area contributed by atoms with E-state index in [1.54, 1.807) is 0 Å². The lowest BCUT2D eigenvalue weighted by molar-refractivity contribution is 0.297. The first kappa shape index (κ1) is 11.0. The lowest BCUT2D eigenvalue weighted by Crippen LogP contribution is -2.03. The maximum atomic E-state index is 5.62. The van der Waals surface area contributed by atoms with E-state index in [1.807, 2.05) is 25.2 Å². The van der Waals surface area contributed by atoms with E-state index in [0.717, 1.165) is 43.2 Å². The molecule has 0 amide bonds. The molecule has 1 aliphatic heterocycles. The van der Waals surface area contributed by atoms with Gasteiger partial charge in [0.25, 0.3) is 0 Å². The van der Waals surface area contributed by atoms with Gasteiger partial charge in [0.15, 0.2) is 11.5 Å². The summed E-state index contributed by atoms with van der Waals surface area (Å²) >= 11 is 0. The summed E-state index contributed by atoms with van der Waals surface area (Å²) in [6.45, 7) is 2.34. The van der Waals surface area contributed by atoms with Crippen LogP contribution < -0.4 is 14.8 Å². The average molecular weight is 219 g/mol. The smallest absolute Gasteiger partial charge is 0.161 e. The number of hydrogen-bond donors (Lipinski definition) is 1. The van der Waals surface area contributed by atoms with Gasteiger partial charge in [0, 0.05) is 13.0 Å². The maximum absolute atomic E-state index is 5.62. The highest BCUT2D eigenvalue weighted by molar-refractivity contribution is 5.56. The molecule has 2 rings (SSSR count). The number of benzene rings is 1. The first-order valence-corrected chi connectivity index (χ1v) is 5.61. The fourth-order valence-electron chi connectivity index (χ4n) is 1.60. The number of fused-ring (bicyclic) bond motifs is 1. The third-order valence-electron chi connectivity index (χ3n) is 2.40. The van der Waals surface area contributed by atoms with E-state index >= 15 is 0 Å². The summed E-state index contributed by atoms with van der Waals surface area (Å²) in [4.78, 5) is 0. The molecule has 0 radical (unpaired) electrons. The standard InChI is InChI=1S/C13H17NO2/c1-14-7-2-4-11-5-6-12-13(10-11)16-9-3-8-15-12/h2,4-6,10,14H,3,7-9H2,1H3. The Bertz CT molecular complexity index is 374. The zero-order chi connectivity index (χ0) is 11.2. The van der Waals surface area contributed by atoms with Gasteiger partial charge in [0.1, 0.15) is 0 Å². The molecule has 0 spiro atoms. The average Bonchev–Trinajstić information content (AvgIpc) is 2.54. The highest BCUT2D eigenvalue weighted by Gasteiger charge is 2.09. The summed E-state index contributed by atoms with van der Waals surface area (Å²) < 4.78 is 11.2. The van der Waals surface area contributed by atoms with Crippen LogP contribution in [-0.2, 0) is 0 Å². The third-order valence-corrected chi connectivity index (χ3v) is 2.40. The molecule has 0 aromatic heterocycles. The summed E-state index contributed by atoms with van der Waals surface area (Å²) in [5.74, 6) is 1.70. The molecule has 0 saturated carbocycles. The summed E-state index contributed by atoms with van der Waals surface area (Å²) in [5.41, 5.74) is 1.14. The highest BCUT2D eigenvalue weighted by atomic mass is 16.5. The molecule has 1 heterocycles. The summed E-state index contributed by atoms with van der Waals surface area (Å²) in [6, 6.07) is 6.03. The number of likely N-dealkylation sites (N-methyl/N-ethyl adjacent to an activating group) is 1. The van der Waals surface area contributed by atoms with Crippen molar-refractivity contribution in [2.75, 3.05) is 26.8 Å². The van der Waals surface area contributed by atoms with Gasteiger partial charge in [-0.2, -0.15) is 0 Å². The molecule has 0 aliphatic carbocycles. The zero-order valence-electron chi connectivity index (χ0n) is 9.53. The van der Waals surface area contributed by atoms with E-state index < -0.39 is 0 Å². The Labute approximate surface area is 96.1 Å². The van der Waals surface area contributed by atoms with Crippen LogP contribution in [0, 0.1) is 0 Å². The molecule has 1 aromatic rings. The third kappa shape index (κ3) is 2.76. The van der Waals surface area contributed by atoms with Crippen molar-refractivity contribution in [2.45, 2.75) is 6.42 Å². The first-order chi connectivity index (χ1) is 7.90. The molecular formula is C13H17NO2. The molecule has 0 atom stereocenters. The second kappa shape index (κ2) is 5.56. The molecule has 86 valence electrons. The number of nitrogens with one attached hydrogen (secondary N) is 1. The van der Waals surface area contributed by atoms with Gasteiger partial charge in [-0.25, -0.2) is 0 Å². The number of rotatable bonds is 3. The van der Waals surface area contributed by atoms with Crippen LogP contribution in [0.2, 0.25) is 0 Å². The molecule has 16 heavy (non-hydrogen) atoms. The van der Waals surface area contributed by atoms with Crippen LogP contribution in [0.5, 0.6) is 11.5 Å². The van der Waals surface area contributed by atoms with E-state index in [4.69, 9.17) is 9.47 Å². The first-order valence-electron chi connectivity index (χ1n) is 5.61. The zero-order valence-corrected chi connectivity index (χ0v) is 9.53. The fourth-order valence-corrected chi connectivity index (χ4v) is 1.60.